The molecular formula is C11H9Br2N3. The fourth-order valence-corrected chi connectivity index (χ4v) is 3.05. The van der Waals surface area contributed by atoms with Gasteiger partial charge in [0.2, 0.25) is 0 Å². The lowest BCUT2D eigenvalue weighted by atomic mass is 10.2. The largest absolute Gasteiger partial charge is 0.310 e. The molecule has 1 aliphatic rings. The van der Waals surface area contributed by atoms with Crippen molar-refractivity contribution in [2.45, 2.75) is 18.9 Å². The second-order valence-electron chi connectivity index (χ2n) is 3.95. The number of hydrogen-bond donors (Lipinski definition) is 0. The summed E-state index contributed by atoms with van der Waals surface area (Å²) < 4.78 is 4.25. The van der Waals surface area contributed by atoms with Crippen LogP contribution in [0.2, 0.25) is 0 Å². The highest BCUT2D eigenvalue weighted by Gasteiger charge is 2.26. The van der Waals surface area contributed by atoms with Gasteiger partial charge in [0, 0.05) is 20.6 Å². The van der Waals surface area contributed by atoms with Crippen LogP contribution in [0.15, 0.2) is 33.5 Å². The summed E-state index contributed by atoms with van der Waals surface area (Å²) >= 11 is 6.98. The summed E-state index contributed by atoms with van der Waals surface area (Å²) in [7, 11) is 0. The molecule has 1 aromatic heterocycles. The molecule has 0 atom stereocenters. The van der Waals surface area contributed by atoms with E-state index in [4.69, 9.17) is 0 Å². The molecule has 1 heterocycles. The van der Waals surface area contributed by atoms with E-state index in [-0.39, 0.29) is 0 Å². The van der Waals surface area contributed by atoms with E-state index in [0.29, 0.717) is 6.04 Å². The van der Waals surface area contributed by atoms with Gasteiger partial charge in [-0.2, -0.15) is 0 Å². The summed E-state index contributed by atoms with van der Waals surface area (Å²) in [4.78, 5) is 0. The van der Waals surface area contributed by atoms with Crippen LogP contribution in [0, 0.1) is 0 Å². The first-order valence-corrected chi connectivity index (χ1v) is 6.68. The Bertz CT molecular complexity index is 512. The van der Waals surface area contributed by atoms with Gasteiger partial charge in [0.15, 0.2) is 5.82 Å². The van der Waals surface area contributed by atoms with Crippen molar-refractivity contribution in [3.05, 3.63) is 33.5 Å². The van der Waals surface area contributed by atoms with Crippen LogP contribution < -0.4 is 0 Å². The van der Waals surface area contributed by atoms with Gasteiger partial charge < -0.3 is 4.57 Å². The Kier molecular flexibility index (Phi) is 2.59. The zero-order valence-electron chi connectivity index (χ0n) is 8.40. The van der Waals surface area contributed by atoms with Crippen LogP contribution in [0.4, 0.5) is 0 Å². The molecule has 1 fully saturated rings. The van der Waals surface area contributed by atoms with E-state index < -0.39 is 0 Å². The molecule has 0 N–H and O–H groups in total. The Morgan fingerprint density at radius 1 is 1.12 bits per heavy atom. The van der Waals surface area contributed by atoms with E-state index in [2.05, 4.69) is 58.8 Å². The van der Waals surface area contributed by atoms with E-state index in [1.54, 1.807) is 0 Å². The van der Waals surface area contributed by atoms with Gasteiger partial charge in [-0.25, -0.2) is 0 Å². The van der Waals surface area contributed by atoms with E-state index in [9.17, 15) is 0 Å². The van der Waals surface area contributed by atoms with Gasteiger partial charge in [0.25, 0.3) is 0 Å². The van der Waals surface area contributed by atoms with Crippen molar-refractivity contribution in [3.63, 3.8) is 0 Å². The zero-order chi connectivity index (χ0) is 11.1. The summed E-state index contributed by atoms with van der Waals surface area (Å²) in [6, 6.07) is 6.74. The first-order chi connectivity index (χ1) is 7.74. The monoisotopic (exact) mass is 341 g/mol. The number of nitrogens with zero attached hydrogens (tertiary/aromatic N) is 3. The molecule has 3 nitrogen and oxygen atoms in total. The third-order valence-corrected chi connectivity index (χ3v) is 3.55. The van der Waals surface area contributed by atoms with Crippen LogP contribution in [-0.2, 0) is 0 Å². The van der Waals surface area contributed by atoms with Crippen molar-refractivity contribution in [2.24, 2.45) is 0 Å². The molecule has 82 valence electrons. The molecule has 0 aliphatic heterocycles. The normalized spacial score (nSPS) is 15.4. The lowest BCUT2D eigenvalue weighted by Crippen LogP contribution is -1.95. The van der Waals surface area contributed by atoms with Crippen LogP contribution >= 0.6 is 31.9 Å². The molecule has 1 aliphatic carbocycles. The third kappa shape index (κ3) is 1.94. The molecular weight excluding hydrogens is 334 g/mol. The topological polar surface area (TPSA) is 30.7 Å². The number of rotatable bonds is 2. The average molecular weight is 343 g/mol. The predicted molar refractivity (Wildman–Crippen MR) is 69.1 cm³/mol. The maximum Gasteiger partial charge on any atom is 0.164 e. The maximum absolute atomic E-state index is 4.20. The van der Waals surface area contributed by atoms with Crippen LogP contribution in [0.25, 0.3) is 11.4 Å². The smallest absolute Gasteiger partial charge is 0.164 e. The van der Waals surface area contributed by atoms with Gasteiger partial charge in [0.05, 0.1) is 0 Å². The average Bonchev–Trinajstić information content (AvgIpc) is 2.94. The summed E-state index contributed by atoms with van der Waals surface area (Å²) in [5, 5.41) is 8.20. The molecule has 5 heteroatoms. The number of hydrogen-bond acceptors (Lipinski definition) is 2. The molecule has 0 spiro atoms. The van der Waals surface area contributed by atoms with Crippen LogP contribution in [-0.4, -0.2) is 14.8 Å². The van der Waals surface area contributed by atoms with Gasteiger partial charge in [-0.05, 0) is 31.0 Å². The van der Waals surface area contributed by atoms with Crippen molar-refractivity contribution in [3.8, 4) is 11.4 Å². The lowest BCUT2D eigenvalue weighted by molar-refractivity contribution is 0.746. The minimum atomic E-state index is 0.600. The lowest BCUT2D eigenvalue weighted by Gasteiger charge is -2.05. The van der Waals surface area contributed by atoms with Crippen LogP contribution in [0.5, 0.6) is 0 Å². The molecule has 0 saturated heterocycles. The molecule has 0 bridgehead atoms. The van der Waals surface area contributed by atoms with Crippen LogP contribution in [0.1, 0.15) is 18.9 Å². The summed E-state index contributed by atoms with van der Waals surface area (Å²) in [5.41, 5.74) is 1.09. The molecule has 0 radical (unpaired) electrons. The quantitative estimate of drug-likeness (QED) is 0.830. The van der Waals surface area contributed by atoms with E-state index in [0.717, 1.165) is 20.3 Å². The summed E-state index contributed by atoms with van der Waals surface area (Å²) in [6.45, 7) is 0. The van der Waals surface area contributed by atoms with E-state index in [1.165, 1.54) is 12.8 Å². The Hall–Kier alpha value is -0.680. The molecule has 1 aromatic carbocycles. The second kappa shape index (κ2) is 3.96. The van der Waals surface area contributed by atoms with Crippen LogP contribution in [0.3, 0.4) is 0 Å². The van der Waals surface area contributed by atoms with Gasteiger partial charge >= 0.3 is 0 Å². The number of halogens is 2. The molecule has 0 amide bonds. The molecule has 16 heavy (non-hydrogen) atoms. The minimum absolute atomic E-state index is 0.600. The van der Waals surface area contributed by atoms with Gasteiger partial charge in [0.1, 0.15) is 6.33 Å². The van der Waals surface area contributed by atoms with Crippen molar-refractivity contribution in [1.82, 2.24) is 14.8 Å². The highest BCUT2D eigenvalue weighted by Crippen LogP contribution is 2.38. The fourth-order valence-electron chi connectivity index (χ4n) is 1.75. The van der Waals surface area contributed by atoms with Gasteiger partial charge in [-0.1, -0.05) is 31.9 Å². The molecule has 3 rings (SSSR count). The van der Waals surface area contributed by atoms with Crippen molar-refractivity contribution in [2.75, 3.05) is 0 Å². The Morgan fingerprint density at radius 2 is 1.81 bits per heavy atom. The third-order valence-electron chi connectivity index (χ3n) is 2.63. The molecule has 2 aromatic rings. The fraction of sp³-hybridized carbons (Fsp3) is 0.273. The number of aromatic nitrogens is 3. The molecule has 0 unspecified atom stereocenters. The SMILES string of the molecule is Brc1cc(Br)cc(-c2nncn2C2CC2)c1. The van der Waals surface area contributed by atoms with E-state index in [1.807, 2.05) is 12.4 Å². The number of benzene rings is 1. The highest BCUT2D eigenvalue weighted by atomic mass is 79.9. The Balaban J connectivity index is 2.10. The van der Waals surface area contributed by atoms with Crippen molar-refractivity contribution >= 4 is 31.9 Å². The van der Waals surface area contributed by atoms with E-state index >= 15 is 0 Å². The highest BCUT2D eigenvalue weighted by molar-refractivity contribution is 9.11. The second-order valence-corrected chi connectivity index (χ2v) is 5.78. The molecule has 1 saturated carbocycles. The first-order valence-electron chi connectivity index (χ1n) is 5.10. The summed E-state index contributed by atoms with van der Waals surface area (Å²) in [6.07, 6.45) is 4.29. The minimum Gasteiger partial charge on any atom is -0.310 e. The zero-order valence-corrected chi connectivity index (χ0v) is 11.6. The maximum atomic E-state index is 4.20. The van der Waals surface area contributed by atoms with Crippen molar-refractivity contribution in [1.29, 1.82) is 0 Å². The summed E-state index contributed by atoms with van der Waals surface area (Å²) in [5.74, 6) is 0.949. The standard InChI is InChI=1S/C11H9Br2N3/c12-8-3-7(4-9(13)5-8)11-15-14-6-16(11)10-1-2-10/h3-6,10H,1-2H2. The Labute approximate surface area is 110 Å². The Morgan fingerprint density at radius 3 is 2.44 bits per heavy atom. The predicted octanol–water partition coefficient (Wildman–Crippen LogP) is 3.81. The first kappa shape index (κ1) is 10.5. The van der Waals surface area contributed by atoms with Crippen molar-refractivity contribution < 1.29 is 0 Å². The van der Waals surface area contributed by atoms with Gasteiger partial charge in [-0.3, -0.25) is 0 Å². The van der Waals surface area contributed by atoms with Gasteiger partial charge in [-0.15, -0.1) is 10.2 Å².